The Bertz CT molecular complexity index is 635. The van der Waals surface area contributed by atoms with Gasteiger partial charge in [0.05, 0.1) is 13.7 Å². The summed E-state index contributed by atoms with van der Waals surface area (Å²) in [5, 5.41) is 50.4. The largest absolute Gasteiger partial charge is 0.504 e. The van der Waals surface area contributed by atoms with Crippen LogP contribution < -0.4 is 10.1 Å². The molecule has 0 spiro atoms. The second-order valence-electron chi connectivity index (χ2n) is 5.53. The first-order valence-electron chi connectivity index (χ1n) is 7.53. The summed E-state index contributed by atoms with van der Waals surface area (Å²) in [6, 6.07) is 3.22. The highest BCUT2D eigenvalue weighted by molar-refractivity contribution is 5.92. The van der Waals surface area contributed by atoms with E-state index in [0.717, 1.165) is 6.08 Å². The number of amides is 1. The Labute approximate surface area is 143 Å². The molecule has 0 unspecified atom stereocenters. The molecule has 138 valence electrons. The van der Waals surface area contributed by atoms with E-state index in [-0.39, 0.29) is 11.5 Å². The molecule has 6 N–H and O–H groups in total. The molecule has 9 nitrogen and oxygen atoms in total. The van der Waals surface area contributed by atoms with Crippen molar-refractivity contribution in [2.75, 3.05) is 13.7 Å². The van der Waals surface area contributed by atoms with Crippen molar-refractivity contribution in [1.29, 1.82) is 0 Å². The van der Waals surface area contributed by atoms with Crippen molar-refractivity contribution in [2.45, 2.75) is 30.6 Å². The maximum absolute atomic E-state index is 12.0. The van der Waals surface area contributed by atoms with Gasteiger partial charge in [-0.15, -0.1) is 0 Å². The minimum Gasteiger partial charge on any atom is -0.504 e. The van der Waals surface area contributed by atoms with Gasteiger partial charge in [-0.25, -0.2) is 0 Å². The van der Waals surface area contributed by atoms with Crippen LogP contribution in [0.15, 0.2) is 24.3 Å². The Hall–Kier alpha value is -2.17. The van der Waals surface area contributed by atoms with E-state index in [4.69, 9.17) is 14.6 Å². The minimum atomic E-state index is -1.58. The van der Waals surface area contributed by atoms with Gasteiger partial charge in [-0.3, -0.25) is 4.79 Å². The van der Waals surface area contributed by atoms with Crippen LogP contribution in [0.4, 0.5) is 0 Å². The third-order valence-corrected chi connectivity index (χ3v) is 3.84. The molecule has 1 aliphatic rings. The number of nitrogens with one attached hydrogen (secondary N) is 1. The van der Waals surface area contributed by atoms with E-state index in [9.17, 15) is 25.2 Å². The number of aliphatic hydroxyl groups excluding tert-OH is 4. The molecular formula is C16H21NO8. The molecule has 9 heteroatoms. The fourth-order valence-corrected chi connectivity index (χ4v) is 2.44. The highest BCUT2D eigenvalue weighted by Crippen LogP contribution is 2.26. The van der Waals surface area contributed by atoms with E-state index < -0.39 is 43.2 Å². The van der Waals surface area contributed by atoms with Gasteiger partial charge in [-0.1, -0.05) is 6.07 Å². The van der Waals surface area contributed by atoms with Crippen molar-refractivity contribution in [3.63, 3.8) is 0 Å². The van der Waals surface area contributed by atoms with E-state index in [2.05, 4.69) is 5.32 Å². The van der Waals surface area contributed by atoms with Gasteiger partial charge < -0.3 is 40.3 Å². The predicted octanol–water partition coefficient (Wildman–Crippen LogP) is -1.67. The molecule has 0 aliphatic carbocycles. The van der Waals surface area contributed by atoms with Crippen LogP contribution in [0.25, 0.3) is 6.08 Å². The number of phenols is 1. The van der Waals surface area contributed by atoms with Gasteiger partial charge in [-0.2, -0.15) is 0 Å². The third kappa shape index (κ3) is 4.47. The lowest BCUT2D eigenvalue weighted by atomic mass is 9.97. The maximum atomic E-state index is 12.0. The number of rotatable bonds is 5. The molecule has 1 fully saturated rings. The quantitative estimate of drug-likeness (QED) is 0.343. The number of carbonyl (C=O) groups excluding carboxylic acids is 1. The van der Waals surface area contributed by atoms with Gasteiger partial charge in [0.1, 0.15) is 24.4 Å². The highest BCUT2D eigenvalue weighted by Gasteiger charge is 2.44. The maximum Gasteiger partial charge on any atom is 0.244 e. The van der Waals surface area contributed by atoms with Crippen molar-refractivity contribution in [3.8, 4) is 11.5 Å². The van der Waals surface area contributed by atoms with E-state index >= 15 is 0 Å². The van der Waals surface area contributed by atoms with E-state index in [1.165, 1.54) is 25.3 Å². The molecule has 1 saturated heterocycles. The molecule has 0 bridgehead atoms. The van der Waals surface area contributed by atoms with Crippen LogP contribution in [-0.2, 0) is 9.53 Å². The molecule has 0 saturated carbocycles. The molecular weight excluding hydrogens is 334 g/mol. The molecule has 0 aromatic heterocycles. The van der Waals surface area contributed by atoms with E-state index in [0.29, 0.717) is 5.56 Å². The molecule has 1 heterocycles. The Kier molecular flexibility index (Phi) is 6.34. The summed E-state index contributed by atoms with van der Waals surface area (Å²) in [7, 11) is 1.39. The zero-order valence-electron chi connectivity index (χ0n) is 13.4. The van der Waals surface area contributed by atoms with Crippen LogP contribution >= 0.6 is 0 Å². The average Bonchev–Trinajstić information content (AvgIpc) is 2.61. The number of ether oxygens (including phenoxy) is 2. The first-order chi connectivity index (χ1) is 11.9. The van der Waals surface area contributed by atoms with Gasteiger partial charge in [0.2, 0.25) is 5.91 Å². The predicted molar refractivity (Wildman–Crippen MR) is 85.6 cm³/mol. The molecule has 1 aromatic rings. The van der Waals surface area contributed by atoms with Gasteiger partial charge in [0.25, 0.3) is 0 Å². The molecule has 1 aromatic carbocycles. The highest BCUT2D eigenvalue weighted by atomic mass is 16.6. The minimum absolute atomic E-state index is 0.0397. The standard InChI is InChI=1S/C16H21NO8/c1-24-10-6-8(2-4-9(10)19)3-5-12(20)17-13-15(22)14(21)11(7-18)25-16(13)23/h2-6,11,13-16,18-19,21-23H,7H2,1H3,(H,17,20)/b5-3+/t11-,13-,14-,15-,16-/m1/s1. The lowest BCUT2D eigenvalue weighted by Crippen LogP contribution is -2.64. The van der Waals surface area contributed by atoms with Gasteiger partial charge >= 0.3 is 0 Å². The molecule has 2 rings (SSSR count). The van der Waals surface area contributed by atoms with Crippen molar-refractivity contribution in [1.82, 2.24) is 5.32 Å². The number of hydrogen-bond acceptors (Lipinski definition) is 8. The zero-order valence-corrected chi connectivity index (χ0v) is 13.4. The third-order valence-electron chi connectivity index (χ3n) is 3.84. The lowest BCUT2D eigenvalue weighted by Gasteiger charge is -2.40. The van der Waals surface area contributed by atoms with E-state index in [1.54, 1.807) is 6.07 Å². The lowest BCUT2D eigenvalue weighted by molar-refractivity contribution is -0.253. The summed E-state index contributed by atoms with van der Waals surface area (Å²) in [6.45, 7) is -0.585. The van der Waals surface area contributed by atoms with Crippen LogP contribution in [0.2, 0.25) is 0 Å². The number of aliphatic hydroxyl groups is 4. The van der Waals surface area contributed by atoms with Crippen LogP contribution in [-0.4, -0.2) is 75.8 Å². The van der Waals surface area contributed by atoms with Gasteiger partial charge in [0.15, 0.2) is 17.8 Å². The molecule has 0 radical (unpaired) electrons. The van der Waals surface area contributed by atoms with Crippen molar-refractivity contribution < 1.29 is 39.8 Å². The number of aromatic hydroxyl groups is 1. The summed E-state index contributed by atoms with van der Waals surface area (Å²) in [5.41, 5.74) is 0.575. The van der Waals surface area contributed by atoms with Crippen LogP contribution in [0, 0.1) is 0 Å². The van der Waals surface area contributed by atoms with E-state index in [1.807, 2.05) is 0 Å². The summed E-state index contributed by atoms with van der Waals surface area (Å²) >= 11 is 0. The number of carbonyl (C=O) groups is 1. The SMILES string of the molecule is COc1cc(/C=C/C(=O)N[C@@H]2[C@@H](O)[C@H](O)[C@@H](CO)O[C@H]2O)ccc1O. The fraction of sp³-hybridized carbons (Fsp3) is 0.438. The zero-order chi connectivity index (χ0) is 18.6. The summed E-state index contributed by atoms with van der Waals surface area (Å²) in [4.78, 5) is 12.0. The van der Waals surface area contributed by atoms with Crippen molar-refractivity contribution in [3.05, 3.63) is 29.8 Å². The Balaban J connectivity index is 2.02. The average molecular weight is 355 g/mol. The Morgan fingerprint density at radius 2 is 2.04 bits per heavy atom. The summed E-state index contributed by atoms with van der Waals surface area (Å²) < 4.78 is 9.91. The number of hydrogen-bond donors (Lipinski definition) is 6. The molecule has 5 atom stereocenters. The van der Waals surface area contributed by atoms with Crippen LogP contribution in [0.5, 0.6) is 11.5 Å². The van der Waals surface area contributed by atoms with Gasteiger partial charge in [0, 0.05) is 6.08 Å². The normalized spacial score (nSPS) is 29.6. The fourth-order valence-electron chi connectivity index (χ4n) is 2.44. The number of phenolic OH excluding ortho intramolecular Hbond substituents is 1. The van der Waals surface area contributed by atoms with Crippen LogP contribution in [0.3, 0.4) is 0 Å². The first kappa shape index (κ1) is 19.2. The van der Waals surface area contributed by atoms with Crippen LogP contribution in [0.1, 0.15) is 5.56 Å². The van der Waals surface area contributed by atoms with Gasteiger partial charge in [-0.05, 0) is 23.8 Å². The summed E-state index contributed by atoms with van der Waals surface area (Å²) in [5.74, 6) is -0.442. The number of benzene rings is 1. The molecule has 1 aliphatic heterocycles. The first-order valence-corrected chi connectivity index (χ1v) is 7.53. The molecule has 1 amide bonds. The smallest absolute Gasteiger partial charge is 0.244 e. The second-order valence-corrected chi connectivity index (χ2v) is 5.53. The molecule has 25 heavy (non-hydrogen) atoms. The number of methoxy groups -OCH3 is 1. The van der Waals surface area contributed by atoms with Crippen molar-refractivity contribution >= 4 is 12.0 Å². The summed E-state index contributed by atoms with van der Waals surface area (Å²) in [6.07, 6.45) is -3.10. The second kappa shape index (κ2) is 8.28. The monoisotopic (exact) mass is 355 g/mol. The van der Waals surface area contributed by atoms with Crippen molar-refractivity contribution in [2.24, 2.45) is 0 Å². The Morgan fingerprint density at radius 1 is 1.32 bits per heavy atom. The topological polar surface area (TPSA) is 149 Å². The Morgan fingerprint density at radius 3 is 2.68 bits per heavy atom.